The lowest BCUT2D eigenvalue weighted by Crippen LogP contribution is -2.32. The fourth-order valence-corrected chi connectivity index (χ4v) is 3.76. The van der Waals surface area contributed by atoms with Crippen LogP contribution < -0.4 is 10.5 Å². The van der Waals surface area contributed by atoms with E-state index in [0.717, 1.165) is 31.0 Å². The molecule has 0 unspecified atom stereocenters. The Morgan fingerprint density at radius 1 is 1.27 bits per heavy atom. The Bertz CT molecular complexity index is 1020. The van der Waals surface area contributed by atoms with Crippen molar-refractivity contribution in [1.29, 1.82) is 0 Å². The van der Waals surface area contributed by atoms with Crippen LogP contribution >= 0.6 is 11.6 Å². The second-order valence-electron chi connectivity index (χ2n) is 6.63. The predicted octanol–water partition coefficient (Wildman–Crippen LogP) is 2.85. The van der Waals surface area contributed by atoms with Gasteiger partial charge in [0.1, 0.15) is 10.8 Å². The van der Waals surface area contributed by atoms with Crippen molar-refractivity contribution < 1.29 is 0 Å². The molecule has 0 saturated heterocycles. The summed E-state index contributed by atoms with van der Waals surface area (Å²) in [6.07, 6.45) is 2.46. The van der Waals surface area contributed by atoms with Crippen molar-refractivity contribution in [2.75, 3.05) is 11.4 Å². The highest BCUT2D eigenvalue weighted by molar-refractivity contribution is 6.32. The van der Waals surface area contributed by atoms with E-state index in [1.807, 2.05) is 6.92 Å². The number of fused-ring (bicyclic) bond motifs is 1. The number of aromatic amines is 1. The Kier molecular flexibility index (Phi) is 4.28. The Balaban J connectivity index is 1.65. The molecule has 0 spiro atoms. The lowest BCUT2D eigenvalue weighted by atomic mass is 10.1. The van der Waals surface area contributed by atoms with Gasteiger partial charge in [-0.3, -0.25) is 4.79 Å². The molecule has 0 bridgehead atoms. The summed E-state index contributed by atoms with van der Waals surface area (Å²) in [6, 6.07) is 8.44. The van der Waals surface area contributed by atoms with Gasteiger partial charge >= 0.3 is 0 Å². The van der Waals surface area contributed by atoms with Gasteiger partial charge in [0.2, 0.25) is 0 Å². The van der Waals surface area contributed by atoms with Crippen LogP contribution in [0.1, 0.15) is 28.3 Å². The van der Waals surface area contributed by atoms with Crippen molar-refractivity contribution in [1.82, 2.24) is 19.7 Å². The van der Waals surface area contributed by atoms with E-state index in [9.17, 15) is 4.79 Å². The van der Waals surface area contributed by atoms with Crippen LogP contribution in [0.15, 0.2) is 35.3 Å². The van der Waals surface area contributed by atoms with E-state index in [1.165, 1.54) is 16.8 Å². The first kappa shape index (κ1) is 16.8. The van der Waals surface area contributed by atoms with Gasteiger partial charge in [0.25, 0.3) is 5.56 Å². The highest BCUT2D eigenvalue weighted by Gasteiger charge is 2.25. The molecule has 6 nitrogen and oxygen atoms in total. The molecule has 7 heteroatoms. The minimum absolute atomic E-state index is 0.180. The van der Waals surface area contributed by atoms with Gasteiger partial charge in [0, 0.05) is 25.2 Å². The number of aromatic nitrogens is 4. The van der Waals surface area contributed by atoms with Gasteiger partial charge in [-0.25, -0.2) is 10.1 Å². The molecule has 2 aromatic heterocycles. The van der Waals surface area contributed by atoms with Crippen LogP contribution in [-0.2, 0) is 19.5 Å². The van der Waals surface area contributed by atoms with Crippen molar-refractivity contribution in [2.24, 2.45) is 0 Å². The van der Waals surface area contributed by atoms with Crippen LogP contribution in [-0.4, -0.2) is 26.3 Å². The van der Waals surface area contributed by atoms with Gasteiger partial charge in [-0.05, 0) is 25.0 Å². The summed E-state index contributed by atoms with van der Waals surface area (Å²) in [4.78, 5) is 18.6. The zero-order chi connectivity index (χ0) is 18.3. The van der Waals surface area contributed by atoms with Gasteiger partial charge < -0.3 is 9.47 Å². The molecule has 0 aliphatic carbocycles. The van der Waals surface area contributed by atoms with Crippen molar-refractivity contribution >= 4 is 17.3 Å². The fraction of sp³-hybridized carbons (Fsp3) is 0.316. The smallest absolute Gasteiger partial charge is 0.285 e. The molecule has 26 heavy (non-hydrogen) atoms. The van der Waals surface area contributed by atoms with E-state index in [4.69, 9.17) is 16.6 Å². The maximum atomic E-state index is 11.7. The van der Waals surface area contributed by atoms with Crippen LogP contribution in [0.25, 0.3) is 0 Å². The van der Waals surface area contributed by atoms with Crippen molar-refractivity contribution in [3.8, 4) is 0 Å². The molecule has 1 aliphatic rings. The molecule has 0 amide bonds. The number of nitrogens with one attached hydrogen (secondary N) is 1. The number of halogens is 1. The minimum Gasteiger partial charge on any atom is -0.362 e. The Morgan fingerprint density at radius 2 is 2.08 bits per heavy atom. The maximum Gasteiger partial charge on any atom is 0.285 e. The second kappa shape index (κ2) is 6.61. The number of anilines is 1. The summed E-state index contributed by atoms with van der Waals surface area (Å²) in [5.74, 6) is 1.01. The maximum absolute atomic E-state index is 11.7. The summed E-state index contributed by atoms with van der Waals surface area (Å²) < 4.78 is 2.30. The molecular weight excluding hydrogens is 350 g/mol. The standard InChI is InChI=1S/C19H20ClN5O/c1-12-5-3-4-6-14(12)10-25-13(2)22-15-11-24(8-7-16(15)25)17-9-21-23-19(26)18(17)20/h3-6,9H,7-8,10-11H2,1-2H3,(H,23,26). The number of H-pyrrole nitrogens is 1. The van der Waals surface area contributed by atoms with Crippen LogP contribution in [0.4, 0.5) is 5.69 Å². The molecule has 3 heterocycles. The zero-order valence-electron chi connectivity index (χ0n) is 14.8. The molecule has 134 valence electrons. The molecule has 1 aliphatic heterocycles. The van der Waals surface area contributed by atoms with E-state index in [1.54, 1.807) is 6.20 Å². The largest absolute Gasteiger partial charge is 0.362 e. The van der Waals surface area contributed by atoms with Crippen LogP contribution in [0.3, 0.4) is 0 Å². The van der Waals surface area contributed by atoms with Crippen molar-refractivity contribution in [2.45, 2.75) is 33.4 Å². The Morgan fingerprint density at radius 3 is 2.88 bits per heavy atom. The Labute approximate surface area is 156 Å². The summed E-state index contributed by atoms with van der Waals surface area (Å²) >= 11 is 6.16. The first-order valence-corrected chi connectivity index (χ1v) is 9.00. The quantitative estimate of drug-likeness (QED) is 0.771. The van der Waals surface area contributed by atoms with Gasteiger partial charge in [-0.2, -0.15) is 5.10 Å². The molecule has 0 saturated carbocycles. The average molecular weight is 370 g/mol. The van der Waals surface area contributed by atoms with Crippen LogP contribution in [0.2, 0.25) is 5.02 Å². The summed E-state index contributed by atoms with van der Waals surface area (Å²) in [5, 5.41) is 6.42. The number of aryl methyl sites for hydroxylation is 2. The molecule has 3 aromatic rings. The van der Waals surface area contributed by atoms with Gasteiger partial charge in [-0.15, -0.1) is 0 Å². The van der Waals surface area contributed by atoms with E-state index in [2.05, 4.69) is 50.9 Å². The summed E-state index contributed by atoms with van der Waals surface area (Å²) in [7, 11) is 0. The third kappa shape index (κ3) is 2.90. The predicted molar refractivity (Wildman–Crippen MR) is 102 cm³/mol. The van der Waals surface area contributed by atoms with Crippen molar-refractivity contribution in [3.63, 3.8) is 0 Å². The Hall–Kier alpha value is -2.60. The highest BCUT2D eigenvalue weighted by atomic mass is 35.5. The van der Waals surface area contributed by atoms with E-state index >= 15 is 0 Å². The van der Waals surface area contributed by atoms with E-state index < -0.39 is 0 Å². The zero-order valence-corrected chi connectivity index (χ0v) is 15.5. The third-order valence-electron chi connectivity index (χ3n) is 5.01. The minimum atomic E-state index is -0.365. The van der Waals surface area contributed by atoms with Crippen molar-refractivity contribution in [3.05, 3.63) is 74.2 Å². The number of nitrogens with zero attached hydrogens (tertiary/aromatic N) is 4. The normalized spacial score (nSPS) is 13.7. The molecular formula is C19H20ClN5O. The van der Waals surface area contributed by atoms with Gasteiger partial charge in [0.15, 0.2) is 0 Å². The molecule has 0 atom stereocenters. The molecule has 0 fully saturated rings. The second-order valence-corrected chi connectivity index (χ2v) is 7.01. The first-order chi connectivity index (χ1) is 12.5. The lowest BCUT2D eigenvalue weighted by molar-refractivity contribution is 0.653. The number of hydrogen-bond donors (Lipinski definition) is 1. The SMILES string of the molecule is Cc1ccccc1Cn1c(C)nc2c1CCN(c1cn[nH]c(=O)c1Cl)C2. The van der Waals surface area contributed by atoms with E-state index in [-0.39, 0.29) is 10.6 Å². The highest BCUT2D eigenvalue weighted by Crippen LogP contribution is 2.28. The molecule has 4 rings (SSSR count). The molecule has 0 radical (unpaired) electrons. The number of hydrogen-bond acceptors (Lipinski definition) is 4. The topological polar surface area (TPSA) is 66.8 Å². The number of benzene rings is 1. The molecule has 1 N–H and O–H groups in total. The average Bonchev–Trinajstić information content (AvgIpc) is 2.94. The monoisotopic (exact) mass is 369 g/mol. The van der Waals surface area contributed by atoms with Crippen LogP contribution in [0.5, 0.6) is 0 Å². The van der Waals surface area contributed by atoms with Crippen LogP contribution in [0, 0.1) is 13.8 Å². The lowest BCUT2D eigenvalue weighted by Gasteiger charge is -2.29. The van der Waals surface area contributed by atoms with Gasteiger partial charge in [0.05, 0.1) is 24.1 Å². The summed E-state index contributed by atoms with van der Waals surface area (Å²) in [5.41, 5.74) is 5.19. The number of rotatable bonds is 3. The summed E-state index contributed by atoms with van der Waals surface area (Å²) in [6.45, 7) is 6.41. The third-order valence-corrected chi connectivity index (χ3v) is 5.38. The van der Waals surface area contributed by atoms with Gasteiger partial charge in [-0.1, -0.05) is 35.9 Å². The first-order valence-electron chi connectivity index (χ1n) is 8.62. The van der Waals surface area contributed by atoms with E-state index in [0.29, 0.717) is 12.2 Å². The number of imidazole rings is 1. The molecule has 1 aromatic carbocycles. The fourth-order valence-electron chi connectivity index (χ4n) is 3.55.